The number of fused-ring (bicyclic) bond motifs is 1. The zero-order valence-corrected chi connectivity index (χ0v) is 16.5. The van der Waals surface area contributed by atoms with E-state index in [1.165, 1.54) is 4.31 Å². The molecule has 2 aliphatic rings. The summed E-state index contributed by atoms with van der Waals surface area (Å²) in [6, 6.07) is 6.55. The minimum Gasteiger partial charge on any atom is -0.338 e. The Morgan fingerprint density at radius 3 is 2.39 bits per heavy atom. The number of carbonyl (C=O) groups is 1. The van der Waals surface area contributed by atoms with Crippen LogP contribution in [0.3, 0.4) is 0 Å². The molecule has 0 bridgehead atoms. The van der Waals surface area contributed by atoms with Crippen LogP contribution in [0, 0.1) is 0 Å². The van der Waals surface area contributed by atoms with Crippen LogP contribution in [0.5, 0.6) is 0 Å². The number of allylic oxidation sites excluding steroid dienone is 1. The molecule has 9 heteroatoms. The van der Waals surface area contributed by atoms with Crippen molar-refractivity contribution in [3.05, 3.63) is 47.8 Å². The van der Waals surface area contributed by atoms with Crippen LogP contribution in [0.25, 0.3) is 5.57 Å². The van der Waals surface area contributed by atoms with Crippen molar-refractivity contribution < 1.29 is 13.2 Å². The Hall–Kier alpha value is -2.78. The Kier molecular flexibility index (Phi) is 4.64. The molecule has 8 nitrogen and oxygen atoms in total. The molecule has 1 amide bonds. The first kappa shape index (κ1) is 18.6. The zero-order valence-electron chi connectivity index (χ0n) is 15.7. The van der Waals surface area contributed by atoms with Gasteiger partial charge in [-0.05, 0) is 38.1 Å². The van der Waals surface area contributed by atoms with Crippen molar-refractivity contribution >= 4 is 33.1 Å². The molecule has 4 rings (SSSR count). The van der Waals surface area contributed by atoms with Gasteiger partial charge in [0, 0.05) is 55.4 Å². The number of nitrogens with one attached hydrogen (secondary N) is 1. The van der Waals surface area contributed by atoms with Crippen LogP contribution in [0.15, 0.2) is 47.1 Å². The van der Waals surface area contributed by atoms with Gasteiger partial charge in [0.15, 0.2) is 0 Å². The van der Waals surface area contributed by atoms with Gasteiger partial charge in [0.05, 0.1) is 4.90 Å². The highest BCUT2D eigenvalue weighted by Gasteiger charge is 2.32. The number of aromatic nitrogens is 2. The lowest BCUT2D eigenvalue weighted by atomic mass is 10.0. The number of amides is 1. The number of hydrogen-bond donors (Lipinski definition) is 1. The molecule has 146 valence electrons. The van der Waals surface area contributed by atoms with Crippen LogP contribution < -0.4 is 10.2 Å². The van der Waals surface area contributed by atoms with Gasteiger partial charge in [-0.1, -0.05) is 5.57 Å². The summed E-state index contributed by atoms with van der Waals surface area (Å²) in [4.78, 5) is 22.8. The van der Waals surface area contributed by atoms with Crippen molar-refractivity contribution in [3.63, 3.8) is 0 Å². The fraction of sp³-hybridized carbons (Fsp3) is 0.316. The van der Waals surface area contributed by atoms with Gasteiger partial charge in [-0.3, -0.25) is 4.79 Å². The van der Waals surface area contributed by atoms with E-state index in [0.29, 0.717) is 49.0 Å². The molecule has 0 unspecified atom stereocenters. The van der Waals surface area contributed by atoms with E-state index in [0.717, 1.165) is 5.57 Å². The van der Waals surface area contributed by atoms with Gasteiger partial charge in [0.25, 0.3) is 5.91 Å². The monoisotopic (exact) mass is 399 g/mol. The van der Waals surface area contributed by atoms with Crippen LogP contribution >= 0.6 is 0 Å². The summed E-state index contributed by atoms with van der Waals surface area (Å²) in [6.45, 7) is 5.43. The quantitative estimate of drug-likeness (QED) is 0.790. The number of sulfonamides is 1. The number of carbonyl (C=O) groups excluding carboxylic acids is 1. The second-order valence-electron chi connectivity index (χ2n) is 6.98. The van der Waals surface area contributed by atoms with E-state index in [1.807, 2.05) is 18.7 Å². The maximum atomic E-state index is 13.1. The number of rotatable bonds is 3. The maximum Gasteiger partial charge on any atom is 0.256 e. The van der Waals surface area contributed by atoms with Gasteiger partial charge in [0.1, 0.15) is 0 Å². The molecule has 0 aliphatic carbocycles. The first-order chi connectivity index (χ1) is 13.4. The molecule has 1 fully saturated rings. The van der Waals surface area contributed by atoms with E-state index in [1.54, 1.807) is 36.7 Å². The molecular weight excluding hydrogens is 378 g/mol. The van der Waals surface area contributed by atoms with E-state index in [9.17, 15) is 13.2 Å². The van der Waals surface area contributed by atoms with Crippen LogP contribution in [-0.2, 0) is 14.8 Å². The molecule has 28 heavy (non-hydrogen) atoms. The largest absolute Gasteiger partial charge is 0.338 e. The summed E-state index contributed by atoms with van der Waals surface area (Å²) < 4.78 is 27.8. The average Bonchev–Trinajstić information content (AvgIpc) is 3.04. The summed E-state index contributed by atoms with van der Waals surface area (Å²) in [5.41, 5.74) is 2.67. The lowest BCUT2D eigenvalue weighted by Crippen LogP contribution is -2.49. The molecule has 1 aromatic carbocycles. The zero-order chi connectivity index (χ0) is 19.9. The van der Waals surface area contributed by atoms with Crippen LogP contribution in [0.1, 0.15) is 19.4 Å². The molecule has 3 heterocycles. The minimum absolute atomic E-state index is 0.193. The topological polar surface area (TPSA) is 95.5 Å². The third kappa shape index (κ3) is 3.16. The molecule has 0 atom stereocenters. The smallest absolute Gasteiger partial charge is 0.256 e. The lowest BCUT2D eigenvalue weighted by molar-refractivity contribution is -0.110. The number of benzene rings is 1. The normalized spacial score (nSPS) is 17.4. The molecular formula is C19H21N5O3S. The first-order valence-electron chi connectivity index (χ1n) is 9.03. The first-order valence-corrected chi connectivity index (χ1v) is 10.5. The van der Waals surface area contributed by atoms with Gasteiger partial charge in [-0.25, -0.2) is 18.4 Å². The van der Waals surface area contributed by atoms with Crippen molar-refractivity contribution in [3.8, 4) is 0 Å². The van der Waals surface area contributed by atoms with Crippen molar-refractivity contribution in [1.29, 1.82) is 0 Å². The van der Waals surface area contributed by atoms with E-state index in [-0.39, 0.29) is 10.8 Å². The average molecular weight is 399 g/mol. The van der Waals surface area contributed by atoms with Gasteiger partial charge in [-0.15, -0.1) is 0 Å². The Labute approximate surface area is 164 Å². The van der Waals surface area contributed by atoms with Crippen LogP contribution in [0.4, 0.5) is 11.6 Å². The Morgan fingerprint density at radius 1 is 1.07 bits per heavy atom. The van der Waals surface area contributed by atoms with Crippen LogP contribution in [0.2, 0.25) is 0 Å². The maximum absolute atomic E-state index is 13.1. The van der Waals surface area contributed by atoms with Gasteiger partial charge < -0.3 is 10.2 Å². The second-order valence-corrected chi connectivity index (χ2v) is 8.91. The molecule has 1 aromatic heterocycles. The highest BCUT2D eigenvalue weighted by Crippen LogP contribution is 2.36. The molecule has 2 aromatic rings. The second kappa shape index (κ2) is 6.99. The Bertz CT molecular complexity index is 1050. The van der Waals surface area contributed by atoms with Crippen molar-refractivity contribution in [1.82, 2.24) is 14.3 Å². The Balaban J connectivity index is 1.57. The third-order valence-corrected chi connectivity index (χ3v) is 6.84. The van der Waals surface area contributed by atoms with Crippen molar-refractivity contribution in [2.24, 2.45) is 0 Å². The summed E-state index contributed by atoms with van der Waals surface area (Å²) in [7, 11) is -3.65. The number of nitrogens with zero attached hydrogens (tertiary/aromatic N) is 4. The van der Waals surface area contributed by atoms with Gasteiger partial charge in [-0.2, -0.15) is 4.31 Å². The van der Waals surface area contributed by atoms with Crippen LogP contribution in [-0.4, -0.2) is 54.8 Å². The molecule has 0 saturated carbocycles. The third-order valence-electron chi connectivity index (χ3n) is 4.95. The number of piperazine rings is 1. The molecule has 1 saturated heterocycles. The molecule has 0 spiro atoms. The predicted molar refractivity (Wildman–Crippen MR) is 106 cm³/mol. The van der Waals surface area contributed by atoms with E-state index < -0.39 is 10.0 Å². The molecule has 1 N–H and O–H groups in total. The van der Waals surface area contributed by atoms with E-state index >= 15 is 0 Å². The fourth-order valence-electron chi connectivity index (χ4n) is 3.54. The summed E-state index contributed by atoms with van der Waals surface area (Å²) >= 11 is 0. The highest BCUT2D eigenvalue weighted by molar-refractivity contribution is 7.89. The molecule has 2 aliphatic heterocycles. The fourth-order valence-corrected chi connectivity index (χ4v) is 4.98. The standard InChI is InChI=1S/C19H21N5O3S/c1-13(2)17-15-12-14(4-5-16(15)22-18(17)25)28(26,27)24-10-8-23(9-11-24)19-20-6-3-7-21-19/h3-7,12H,8-11H2,1-2H3,(H,22,25). The van der Waals surface area contributed by atoms with Gasteiger partial charge >= 0.3 is 0 Å². The SMILES string of the molecule is CC(C)=C1C(=O)Nc2ccc(S(=O)(=O)N3CCN(c4ncccn4)CC3)cc21. The van der Waals surface area contributed by atoms with Crippen molar-refractivity contribution in [2.75, 3.05) is 36.4 Å². The lowest BCUT2D eigenvalue weighted by Gasteiger charge is -2.33. The summed E-state index contributed by atoms with van der Waals surface area (Å²) in [6.07, 6.45) is 3.35. The number of anilines is 2. The molecule has 0 radical (unpaired) electrons. The van der Waals surface area contributed by atoms with E-state index in [2.05, 4.69) is 15.3 Å². The van der Waals surface area contributed by atoms with E-state index in [4.69, 9.17) is 0 Å². The predicted octanol–water partition coefficient (Wildman–Crippen LogP) is 1.73. The summed E-state index contributed by atoms with van der Waals surface area (Å²) in [5, 5.41) is 2.79. The highest BCUT2D eigenvalue weighted by atomic mass is 32.2. The number of hydrogen-bond acceptors (Lipinski definition) is 6. The summed E-state index contributed by atoms with van der Waals surface area (Å²) in [5.74, 6) is 0.413. The minimum atomic E-state index is -3.65. The van der Waals surface area contributed by atoms with Gasteiger partial charge in [0.2, 0.25) is 16.0 Å². The Morgan fingerprint density at radius 2 is 1.75 bits per heavy atom. The van der Waals surface area contributed by atoms with Crippen molar-refractivity contribution in [2.45, 2.75) is 18.7 Å².